The van der Waals surface area contributed by atoms with Crippen LogP contribution in [0.2, 0.25) is 0 Å². The zero-order chi connectivity index (χ0) is 18.8. The van der Waals surface area contributed by atoms with E-state index in [9.17, 15) is 14.0 Å². The largest absolute Gasteiger partial charge is 0.362 e. The highest BCUT2D eigenvalue weighted by atomic mass is 19.1. The van der Waals surface area contributed by atoms with E-state index in [1.165, 1.54) is 29.8 Å². The number of hydrogen-bond acceptors (Lipinski definition) is 3. The lowest BCUT2D eigenvalue weighted by atomic mass is 10.1. The van der Waals surface area contributed by atoms with Gasteiger partial charge in [0.05, 0.1) is 0 Å². The predicted molar refractivity (Wildman–Crippen MR) is 98.2 cm³/mol. The van der Waals surface area contributed by atoms with E-state index >= 15 is 0 Å². The molecule has 0 aromatic heterocycles. The third-order valence-corrected chi connectivity index (χ3v) is 3.71. The minimum atomic E-state index is -0.401. The van der Waals surface area contributed by atoms with Gasteiger partial charge in [-0.25, -0.2) is 4.39 Å². The van der Waals surface area contributed by atoms with E-state index in [1.54, 1.807) is 0 Å². The number of rotatable bonds is 9. The molecule has 6 heteroatoms. The smallest absolute Gasteiger partial charge is 0.250 e. The standard InChI is InChI=1S/C20H23FN2O3/c1-15(7-8-16-5-3-2-4-6-16)22-19(24)13-26-14-20(25)23-18-11-9-17(21)10-12-18/h2-6,9-12,15H,7-8,13-14H2,1H3,(H,22,24)(H,23,25)/t15-/m0/s1. The summed E-state index contributed by atoms with van der Waals surface area (Å²) in [7, 11) is 0. The van der Waals surface area contributed by atoms with Gasteiger partial charge in [-0.05, 0) is 49.6 Å². The SMILES string of the molecule is C[C@@H](CCc1ccccc1)NC(=O)COCC(=O)Nc1ccc(F)cc1. The molecular weight excluding hydrogens is 335 g/mol. The first-order chi connectivity index (χ1) is 12.5. The minimum Gasteiger partial charge on any atom is -0.362 e. The Labute approximate surface area is 152 Å². The van der Waals surface area contributed by atoms with E-state index in [2.05, 4.69) is 22.8 Å². The van der Waals surface area contributed by atoms with Gasteiger partial charge in [-0.1, -0.05) is 30.3 Å². The van der Waals surface area contributed by atoms with Crippen LogP contribution in [0.15, 0.2) is 54.6 Å². The molecule has 0 unspecified atom stereocenters. The number of anilines is 1. The quantitative estimate of drug-likeness (QED) is 0.724. The molecule has 2 amide bonds. The van der Waals surface area contributed by atoms with Crippen LogP contribution in [0.25, 0.3) is 0 Å². The Morgan fingerprint density at radius 3 is 2.35 bits per heavy atom. The van der Waals surface area contributed by atoms with Crippen molar-refractivity contribution in [1.82, 2.24) is 5.32 Å². The summed E-state index contributed by atoms with van der Waals surface area (Å²) in [4.78, 5) is 23.5. The molecule has 0 heterocycles. The van der Waals surface area contributed by atoms with Crippen LogP contribution in [0.4, 0.5) is 10.1 Å². The molecule has 2 rings (SSSR count). The van der Waals surface area contributed by atoms with Crippen molar-refractivity contribution in [2.24, 2.45) is 0 Å². The van der Waals surface area contributed by atoms with Crippen LogP contribution in [0, 0.1) is 5.82 Å². The fraction of sp³-hybridized carbons (Fsp3) is 0.300. The Hall–Kier alpha value is -2.73. The lowest BCUT2D eigenvalue weighted by molar-refractivity contribution is -0.129. The molecule has 0 aliphatic heterocycles. The van der Waals surface area contributed by atoms with Gasteiger partial charge in [-0.15, -0.1) is 0 Å². The van der Waals surface area contributed by atoms with E-state index < -0.39 is 5.91 Å². The summed E-state index contributed by atoms with van der Waals surface area (Å²) < 4.78 is 17.9. The first kappa shape index (κ1) is 19.6. The fourth-order valence-electron chi connectivity index (χ4n) is 2.38. The van der Waals surface area contributed by atoms with Crippen molar-refractivity contribution in [3.8, 4) is 0 Å². The van der Waals surface area contributed by atoms with E-state index in [0.29, 0.717) is 5.69 Å². The fourth-order valence-corrected chi connectivity index (χ4v) is 2.38. The second kappa shape index (κ2) is 10.3. The molecule has 138 valence electrons. The topological polar surface area (TPSA) is 67.4 Å². The summed E-state index contributed by atoms with van der Waals surface area (Å²) in [6, 6.07) is 15.5. The summed E-state index contributed by atoms with van der Waals surface area (Å²) in [5, 5.41) is 5.40. The average Bonchev–Trinajstić information content (AvgIpc) is 2.63. The first-order valence-electron chi connectivity index (χ1n) is 8.49. The number of carbonyl (C=O) groups excluding carboxylic acids is 2. The molecule has 0 spiro atoms. The van der Waals surface area contributed by atoms with Gasteiger partial charge in [0.15, 0.2) is 0 Å². The highest BCUT2D eigenvalue weighted by Crippen LogP contribution is 2.08. The number of carbonyl (C=O) groups is 2. The van der Waals surface area contributed by atoms with Gasteiger partial charge in [0.2, 0.25) is 11.8 Å². The van der Waals surface area contributed by atoms with Gasteiger partial charge in [-0.2, -0.15) is 0 Å². The molecule has 0 saturated carbocycles. The van der Waals surface area contributed by atoms with Gasteiger partial charge >= 0.3 is 0 Å². The molecule has 2 N–H and O–H groups in total. The molecule has 0 fully saturated rings. The summed E-state index contributed by atoms with van der Waals surface area (Å²) in [6.45, 7) is 1.50. The lowest BCUT2D eigenvalue weighted by Gasteiger charge is -2.14. The highest BCUT2D eigenvalue weighted by molar-refractivity contribution is 5.91. The normalized spacial score (nSPS) is 11.6. The summed E-state index contributed by atoms with van der Waals surface area (Å²) >= 11 is 0. The van der Waals surface area contributed by atoms with Crippen LogP contribution in [0.5, 0.6) is 0 Å². The zero-order valence-electron chi connectivity index (χ0n) is 14.7. The van der Waals surface area contributed by atoms with Crippen molar-refractivity contribution < 1.29 is 18.7 Å². The molecule has 2 aromatic rings. The first-order valence-corrected chi connectivity index (χ1v) is 8.49. The molecular formula is C20H23FN2O3. The second-order valence-electron chi connectivity index (χ2n) is 6.04. The second-order valence-corrected chi connectivity index (χ2v) is 6.04. The van der Waals surface area contributed by atoms with Crippen LogP contribution in [0.3, 0.4) is 0 Å². The Morgan fingerprint density at radius 2 is 1.65 bits per heavy atom. The van der Waals surface area contributed by atoms with Crippen LogP contribution in [0.1, 0.15) is 18.9 Å². The maximum atomic E-state index is 12.8. The van der Waals surface area contributed by atoms with Gasteiger partial charge < -0.3 is 15.4 Å². The van der Waals surface area contributed by atoms with E-state index in [-0.39, 0.29) is 31.0 Å². The number of amides is 2. The van der Waals surface area contributed by atoms with E-state index in [0.717, 1.165) is 12.8 Å². The number of aryl methyl sites for hydroxylation is 1. The summed E-state index contributed by atoms with van der Waals surface area (Å²) in [5.74, 6) is -1.04. The van der Waals surface area contributed by atoms with Crippen molar-refractivity contribution in [2.45, 2.75) is 25.8 Å². The molecule has 26 heavy (non-hydrogen) atoms. The van der Waals surface area contributed by atoms with E-state index in [4.69, 9.17) is 4.74 Å². The highest BCUT2D eigenvalue weighted by Gasteiger charge is 2.09. The maximum Gasteiger partial charge on any atom is 0.250 e. The molecule has 5 nitrogen and oxygen atoms in total. The van der Waals surface area contributed by atoms with Crippen LogP contribution in [-0.2, 0) is 20.7 Å². The Bertz CT molecular complexity index is 705. The number of nitrogens with one attached hydrogen (secondary N) is 2. The number of hydrogen-bond donors (Lipinski definition) is 2. The number of benzene rings is 2. The van der Waals surface area contributed by atoms with Crippen LogP contribution in [-0.4, -0.2) is 31.1 Å². The monoisotopic (exact) mass is 358 g/mol. The summed E-state index contributed by atoms with van der Waals surface area (Å²) in [6.07, 6.45) is 1.70. The number of ether oxygens (including phenoxy) is 1. The molecule has 1 atom stereocenters. The molecule has 0 aliphatic rings. The Morgan fingerprint density at radius 1 is 1.00 bits per heavy atom. The van der Waals surface area contributed by atoms with Crippen molar-refractivity contribution in [3.63, 3.8) is 0 Å². The molecule has 0 radical (unpaired) electrons. The Balaban J connectivity index is 1.60. The molecule has 0 aliphatic carbocycles. The van der Waals surface area contributed by atoms with E-state index in [1.807, 2.05) is 25.1 Å². The van der Waals surface area contributed by atoms with Gasteiger partial charge in [0.25, 0.3) is 0 Å². The predicted octanol–water partition coefficient (Wildman–Crippen LogP) is 2.92. The maximum absolute atomic E-state index is 12.8. The summed E-state index contributed by atoms with van der Waals surface area (Å²) in [5.41, 5.74) is 1.70. The third-order valence-electron chi connectivity index (χ3n) is 3.71. The molecule has 0 saturated heterocycles. The zero-order valence-corrected chi connectivity index (χ0v) is 14.7. The Kier molecular flexibility index (Phi) is 7.76. The lowest BCUT2D eigenvalue weighted by Crippen LogP contribution is -2.36. The van der Waals surface area contributed by atoms with Crippen molar-refractivity contribution in [3.05, 3.63) is 66.0 Å². The number of halogens is 1. The third kappa shape index (κ3) is 7.44. The van der Waals surface area contributed by atoms with Gasteiger partial charge in [0.1, 0.15) is 19.0 Å². The molecule has 0 bridgehead atoms. The van der Waals surface area contributed by atoms with Crippen molar-refractivity contribution >= 4 is 17.5 Å². The minimum absolute atomic E-state index is 0.0133. The average molecular weight is 358 g/mol. The van der Waals surface area contributed by atoms with Crippen LogP contribution < -0.4 is 10.6 Å². The van der Waals surface area contributed by atoms with Gasteiger partial charge in [0, 0.05) is 11.7 Å². The van der Waals surface area contributed by atoms with Crippen molar-refractivity contribution in [2.75, 3.05) is 18.5 Å². The van der Waals surface area contributed by atoms with Crippen LogP contribution >= 0.6 is 0 Å². The van der Waals surface area contributed by atoms with Gasteiger partial charge in [-0.3, -0.25) is 9.59 Å². The molecule has 2 aromatic carbocycles. The van der Waals surface area contributed by atoms with Crippen molar-refractivity contribution in [1.29, 1.82) is 0 Å².